The molecular weight excluding hydrogens is 377 g/mol. The summed E-state index contributed by atoms with van der Waals surface area (Å²) in [7, 11) is 0. The molecule has 1 amide bonds. The second-order valence-corrected chi connectivity index (χ2v) is 8.05. The van der Waals surface area contributed by atoms with Crippen molar-refractivity contribution in [1.82, 2.24) is 0 Å². The van der Waals surface area contributed by atoms with Crippen molar-refractivity contribution in [2.45, 2.75) is 38.6 Å². The van der Waals surface area contributed by atoms with Crippen LogP contribution in [-0.2, 0) is 4.79 Å². The summed E-state index contributed by atoms with van der Waals surface area (Å²) in [4.78, 5) is 14.7. The molecule has 1 N–H and O–H groups in total. The summed E-state index contributed by atoms with van der Waals surface area (Å²) in [6.45, 7) is 4.25. The van der Waals surface area contributed by atoms with Crippen molar-refractivity contribution in [3.63, 3.8) is 0 Å². The number of amides is 1. The van der Waals surface area contributed by atoms with E-state index >= 15 is 0 Å². The molecule has 3 nitrogen and oxygen atoms in total. The number of aliphatic hydroxyl groups is 1. The fourth-order valence-electron chi connectivity index (χ4n) is 4.13. The fourth-order valence-corrected chi connectivity index (χ4v) is 4.13. The minimum atomic E-state index is -0.337. The molecule has 1 unspecified atom stereocenters. The lowest BCUT2D eigenvalue weighted by Crippen LogP contribution is -2.62. The zero-order valence-electron chi connectivity index (χ0n) is 17.1. The summed E-state index contributed by atoms with van der Waals surface area (Å²) < 4.78 is 13.4. The van der Waals surface area contributed by atoms with E-state index in [0.717, 1.165) is 18.4 Å². The van der Waals surface area contributed by atoms with Gasteiger partial charge in [-0.05, 0) is 73.4 Å². The fraction of sp³-hybridized carbons (Fsp3) is 0.269. The lowest BCUT2D eigenvalue weighted by molar-refractivity contribution is -0.129. The van der Waals surface area contributed by atoms with Crippen molar-refractivity contribution in [3.05, 3.63) is 100 Å². The van der Waals surface area contributed by atoms with Crippen molar-refractivity contribution in [1.29, 1.82) is 0 Å². The Balaban J connectivity index is 1.56. The minimum absolute atomic E-state index is 0.0160. The largest absolute Gasteiger partial charge is 0.501 e. The average Bonchev–Trinajstić information content (AvgIpc) is 2.74. The molecule has 4 heteroatoms. The molecule has 2 aliphatic rings. The molecule has 2 aromatic rings. The molecule has 3 atom stereocenters. The zero-order valence-corrected chi connectivity index (χ0v) is 17.1. The normalized spacial score (nSPS) is 21.2. The molecule has 152 valence electrons. The van der Waals surface area contributed by atoms with E-state index in [2.05, 4.69) is 49.6 Å². The van der Waals surface area contributed by atoms with Crippen LogP contribution in [0.25, 0.3) is 0 Å². The SMILES string of the molecule is Cc1ccc(C(C)CC[C@H]2C(=O)N(c3ccc(F)cc3)[C@@H]2C2=C=C=C(O)C=C2)cc1. The van der Waals surface area contributed by atoms with Gasteiger partial charge in [-0.25, -0.2) is 4.39 Å². The van der Waals surface area contributed by atoms with E-state index in [4.69, 9.17) is 0 Å². The van der Waals surface area contributed by atoms with Crippen molar-refractivity contribution in [3.8, 4) is 0 Å². The maximum atomic E-state index is 13.4. The number of hydrogen-bond acceptors (Lipinski definition) is 2. The first kappa shape index (κ1) is 20.0. The molecule has 0 saturated carbocycles. The molecular formula is C26H24FNO2. The Morgan fingerprint density at radius 3 is 2.40 bits per heavy atom. The first-order valence-corrected chi connectivity index (χ1v) is 10.2. The van der Waals surface area contributed by atoms with Crippen LogP contribution in [0.3, 0.4) is 0 Å². The average molecular weight is 401 g/mol. The van der Waals surface area contributed by atoms with Gasteiger partial charge < -0.3 is 10.0 Å². The third-order valence-electron chi connectivity index (χ3n) is 5.95. The molecule has 0 aromatic heterocycles. The number of rotatable bonds is 6. The number of aryl methyl sites for hydroxylation is 1. The topological polar surface area (TPSA) is 40.5 Å². The number of hydrogen-bond donors (Lipinski definition) is 1. The second-order valence-electron chi connectivity index (χ2n) is 8.05. The van der Waals surface area contributed by atoms with Crippen molar-refractivity contribution >= 4 is 11.6 Å². The standard InChI is InChI=1S/C26H24FNO2/c1-17-3-6-19(7-4-17)18(2)5-16-24-25(20-8-14-23(29)15-9-20)28(26(24)30)22-12-10-21(27)11-13-22/h3-4,6-8,10-14,18,24-25,29H,5,16H2,1-2H3/t18?,24-,25-/m1/s1. The molecule has 30 heavy (non-hydrogen) atoms. The number of carbonyl (C=O) groups is 1. The molecule has 1 aliphatic heterocycles. The van der Waals surface area contributed by atoms with Gasteiger partial charge in [0.15, 0.2) is 5.76 Å². The van der Waals surface area contributed by atoms with Gasteiger partial charge in [-0.1, -0.05) is 42.5 Å². The summed E-state index contributed by atoms with van der Waals surface area (Å²) in [6, 6.07) is 14.3. The lowest BCUT2D eigenvalue weighted by atomic mass is 9.77. The van der Waals surface area contributed by atoms with Crippen LogP contribution in [0, 0.1) is 18.7 Å². The predicted octanol–water partition coefficient (Wildman–Crippen LogP) is 5.74. The van der Waals surface area contributed by atoms with Gasteiger partial charge in [-0.2, -0.15) is 0 Å². The Hall–Kier alpha value is -3.32. The van der Waals surface area contributed by atoms with Crippen LogP contribution in [-0.4, -0.2) is 17.1 Å². The minimum Gasteiger partial charge on any atom is -0.501 e. The highest BCUT2D eigenvalue weighted by Gasteiger charge is 2.49. The van der Waals surface area contributed by atoms with Crippen LogP contribution in [0.1, 0.15) is 36.8 Å². The van der Waals surface area contributed by atoms with Crippen molar-refractivity contribution < 1.29 is 14.3 Å². The highest BCUT2D eigenvalue weighted by Crippen LogP contribution is 2.41. The number of halogens is 1. The van der Waals surface area contributed by atoms with E-state index in [0.29, 0.717) is 11.6 Å². The second kappa shape index (κ2) is 8.20. The summed E-state index contributed by atoms with van der Waals surface area (Å²) in [5.74, 6) is -0.130. The molecule has 0 radical (unpaired) electrons. The number of nitrogens with zero attached hydrogens (tertiary/aromatic N) is 1. The highest BCUT2D eigenvalue weighted by molar-refractivity contribution is 6.04. The summed E-state index contributed by atoms with van der Waals surface area (Å²) in [6.07, 6.45) is 4.96. The third-order valence-corrected chi connectivity index (χ3v) is 5.95. The van der Waals surface area contributed by atoms with Gasteiger partial charge in [0.05, 0.1) is 12.0 Å². The Morgan fingerprint density at radius 1 is 1.07 bits per heavy atom. The number of benzene rings is 2. The Kier molecular flexibility index (Phi) is 5.46. The van der Waals surface area contributed by atoms with Gasteiger partial charge in [0.25, 0.3) is 0 Å². The molecule has 1 fully saturated rings. The van der Waals surface area contributed by atoms with Gasteiger partial charge in [-0.3, -0.25) is 4.79 Å². The maximum Gasteiger partial charge on any atom is 0.233 e. The van der Waals surface area contributed by atoms with Crippen LogP contribution in [0.2, 0.25) is 0 Å². The molecule has 1 saturated heterocycles. The van der Waals surface area contributed by atoms with E-state index in [9.17, 15) is 14.3 Å². The molecule has 4 rings (SSSR count). The van der Waals surface area contributed by atoms with Crippen LogP contribution in [0.5, 0.6) is 0 Å². The zero-order chi connectivity index (χ0) is 21.3. The number of β-lactam (4-membered cyclic amide) rings is 1. The van der Waals surface area contributed by atoms with Gasteiger partial charge in [-0.15, -0.1) is 0 Å². The highest BCUT2D eigenvalue weighted by atomic mass is 19.1. The summed E-state index contributed by atoms with van der Waals surface area (Å²) in [5, 5.41) is 9.57. The first-order chi connectivity index (χ1) is 14.4. The predicted molar refractivity (Wildman–Crippen MR) is 116 cm³/mol. The number of allylic oxidation sites excluding steroid dienone is 1. The van der Waals surface area contributed by atoms with E-state index in [1.54, 1.807) is 29.2 Å². The monoisotopic (exact) mass is 401 g/mol. The first-order valence-electron chi connectivity index (χ1n) is 10.2. The van der Waals surface area contributed by atoms with E-state index in [-0.39, 0.29) is 29.4 Å². The van der Waals surface area contributed by atoms with Gasteiger partial charge >= 0.3 is 0 Å². The smallest absolute Gasteiger partial charge is 0.233 e. The van der Waals surface area contributed by atoms with E-state index in [1.807, 2.05) is 0 Å². The van der Waals surface area contributed by atoms with Crippen molar-refractivity contribution in [2.75, 3.05) is 4.90 Å². The van der Waals surface area contributed by atoms with Gasteiger partial charge in [0.2, 0.25) is 5.91 Å². The van der Waals surface area contributed by atoms with E-state index < -0.39 is 0 Å². The Labute approximate surface area is 176 Å². The summed E-state index contributed by atoms with van der Waals surface area (Å²) in [5.41, 5.74) is 9.63. The number of anilines is 1. The maximum absolute atomic E-state index is 13.4. The van der Waals surface area contributed by atoms with Gasteiger partial charge in [0.1, 0.15) is 5.82 Å². The van der Waals surface area contributed by atoms with Crippen LogP contribution in [0.15, 0.2) is 83.5 Å². The Morgan fingerprint density at radius 2 is 1.77 bits per heavy atom. The van der Waals surface area contributed by atoms with Crippen LogP contribution < -0.4 is 4.90 Å². The quantitative estimate of drug-likeness (QED) is 0.495. The Bertz CT molecular complexity index is 1080. The van der Waals surface area contributed by atoms with Crippen molar-refractivity contribution in [2.24, 2.45) is 5.92 Å². The number of carbonyl (C=O) groups excluding carboxylic acids is 1. The van der Waals surface area contributed by atoms with Crippen LogP contribution >= 0.6 is 0 Å². The van der Waals surface area contributed by atoms with Gasteiger partial charge in [0, 0.05) is 11.3 Å². The van der Waals surface area contributed by atoms with Crippen LogP contribution in [0.4, 0.5) is 10.1 Å². The molecule has 0 bridgehead atoms. The lowest BCUT2D eigenvalue weighted by Gasteiger charge is -2.47. The number of aliphatic hydroxyl groups excluding tert-OH is 1. The van der Waals surface area contributed by atoms with E-state index in [1.165, 1.54) is 23.3 Å². The third kappa shape index (κ3) is 3.89. The molecule has 0 spiro atoms. The summed E-state index contributed by atoms with van der Waals surface area (Å²) >= 11 is 0. The molecule has 1 aliphatic carbocycles. The molecule has 1 heterocycles. The molecule has 2 aromatic carbocycles.